The Balaban J connectivity index is 1.79. The summed E-state index contributed by atoms with van der Waals surface area (Å²) >= 11 is 0. The molecular weight excluding hydrogens is 444 g/mol. The minimum Gasteiger partial charge on any atom is -0.395 e. The molecule has 1 aliphatic carbocycles. The molecule has 0 radical (unpaired) electrons. The van der Waals surface area contributed by atoms with Crippen molar-refractivity contribution in [3.05, 3.63) is 0 Å². The third kappa shape index (κ3) is 5.99. The molecule has 14 heteroatoms. The summed E-state index contributed by atoms with van der Waals surface area (Å²) in [7, 11) is 0. The molecule has 2 heterocycles. The summed E-state index contributed by atoms with van der Waals surface area (Å²) in [6.07, 6.45) is -10.6. The molecule has 3 fully saturated rings. The van der Waals surface area contributed by atoms with Crippen molar-refractivity contribution in [2.24, 2.45) is 17.2 Å². The van der Waals surface area contributed by atoms with Crippen LogP contribution in [-0.2, 0) is 18.9 Å². The molecule has 0 aromatic carbocycles. The van der Waals surface area contributed by atoms with Gasteiger partial charge in [-0.3, -0.25) is 0 Å². The molecule has 2 aliphatic heterocycles. The van der Waals surface area contributed by atoms with Gasteiger partial charge < -0.3 is 72.1 Å². The van der Waals surface area contributed by atoms with Gasteiger partial charge in [-0.25, -0.2) is 0 Å². The van der Waals surface area contributed by atoms with Gasteiger partial charge in [-0.2, -0.15) is 0 Å². The Morgan fingerprint density at radius 1 is 0.879 bits per heavy atom. The second kappa shape index (κ2) is 11.9. The van der Waals surface area contributed by atoms with E-state index in [1.165, 1.54) is 0 Å². The van der Waals surface area contributed by atoms with Crippen LogP contribution >= 0.6 is 0 Å². The highest BCUT2D eigenvalue weighted by Crippen LogP contribution is 2.32. The van der Waals surface area contributed by atoms with E-state index in [0.29, 0.717) is 0 Å². The molecular formula is C19H38N4O10. The molecule has 13 N–H and O–H groups in total. The molecule has 13 atom stereocenters. The summed E-state index contributed by atoms with van der Waals surface area (Å²) < 4.78 is 23.1. The zero-order chi connectivity index (χ0) is 24.3. The van der Waals surface area contributed by atoms with Crippen LogP contribution in [0.5, 0.6) is 0 Å². The molecule has 2 saturated heterocycles. The molecule has 1 saturated carbocycles. The molecule has 0 unspecified atom stereocenters. The van der Waals surface area contributed by atoms with Crippen molar-refractivity contribution in [3.63, 3.8) is 0 Å². The molecule has 3 aliphatic rings. The average molecular weight is 483 g/mol. The Bertz CT molecular complexity index is 607. The first-order valence-corrected chi connectivity index (χ1v) is 11.2. The number of aliphatic hydroxyl groups excluding tert-OH is 6. The SMILES string of the molecule is NC[C@H]1O[C@H](O[C@H]2[C@H](O[C@@H]3O[C@H](CO)C[C@H]3O)[C@@H](O)[C@H](NCCO)C[C@@H]2N)[C@H](N)[C@H](O)[C@@H]1O. The van der Waals surface area contributed by atoms with E-state index in [1.54, 1.807) is 0 Å². The van der Waals surface area contributed by atoms with Crippen LogP contribution in [0.1, 0.15) is 12.8 Å². The third-order valence-corrected chi connectivity index (χ3v) is 6.45. The Hall–Kier alpha value is -0.560. The summed E-state index contributed by atoms with van der Waals surface area (Å²) in [4.78, 5) is 0. The molecule has 0 aromatic heterocycles. The Kier molecular flexibility index (Phi) is 9.76. The van der Waals surface area contributed by atoms with E-state index in [-0.39, 0.29) is 39.1 Å². The van der Waals surface area contributed by atoms with Crippen LogP contribution in [0.3, 0.4) is 0 Å². The first-order chi connectivity index (χ1) is 15.7. The van der Waals surface area contributed by atoms with Crippen LogP contribution in [-0.4, -0.2) is 136 Å². The lowest BCUT2D eigenvalue weighted by molar-refractivity contribution is -0.307. The zero-order valence-electron chi connectivity index (χ0n) is 18.3. The van der Waals surface area contributed by atoms with Gasteiger partial charge in [0, 0.05) is 31.6 Å². The molecule has 194 valence electrons. The van der Waals surface area contributed by atoms with Gasteiger partial charge in [-0.1, -0.05) is 0 Å². The number of rotatable bonds is 9. The lowest BCUT2D eigenvalue weighted by Crippen LogP contribution is -2.68. The smallest absolute Gasteiger partial charge is 0.184 e. The highest BCUT2D eigenvalue weighted by molar-refractivity contribution is 5.02. The van der Waals surface area contributed by atoms with Crippen molar-refractivity contribution in [2.45, 2.75) is 92.4 Å². The average Bonchev–Trinajstić information content (AvgIpc) is 3.16. The normalized spacial score (nSPS) is 48.8. The number of nitrogens with two attached hydrogens (primary N) is 3. The van der Waals surface area contributed by atoms with Gasteiger partial charge in [0.1, 0.15) is 36.6 Å². The van der Waals surface area contributed by atoms with Crippen molar-refractivity contribution in [1.82, 2.24) is 5.32 Å². The van der Waals surface area contributed by atoms with E-state index in [2.05, 4.69) is 5.32 Å². The number of ether oxygens (including phenoxy) is 4. The lowest BCUT2D eigenvalue weighted by Gasteiger charge is -2.48. The van der Waals surface area contributed by atoms with E-state index in [4.69, 9.17) is 41.3 Å². The topological polar surface area (TPSA) is 248 Å². The zero-order valence-corrected chi connectivity index (χ0v) is 18.3. The van der Waals surface area contributed by atoms with Gasteiger partial charge in [0.2, 0.25) is 0 Å². The van der Waals surface area contributed by atoms with E-state index in [9.17, 15) is 25.5 Å². The first-order valence-electron chi connectivity index (χ1n) is 11.2. The summed E-state index contributed by atoms with van der Waals surface area (Å²) in [5.41, 5.74) is 18.0. The largest absolute Gasteiger partial charge is 0.395 e. The number of aliphatic hydroxyl groups is 6. The monoisotopic (exact) mass is 482 g/mol. The van der Waals surface area contributed by atoms with Crippen LogP contribution < -0.4 is 22.5 Å². The third-order valence-electron chi connectivity index (χ3n) is 6.45. The lowest BCUT2D eigenvalue weighted by atomic mass is 9.83. The molecule has 0 amide bonds. The maximum absolute atomic E-state index is 11.0. The summed E-state index contributed by atoms with van der Waals surface area (Å²) in [6, 6.07) is -2.41. The van der Waals surface area contributed by atoms with Gasteiger partial charge in [-0.15, -0.1) is 0 Å². The molecule has 0 bridgehead atoms. The van der Waals surface area contributed by atoms with Gasteiger partial charge in [0.05, 0.1) is 31.5 Å². The molecule has 3 rings (SSSR count). The maximum atomic E-state index is 11.0. The highest BCUT2D eigenvalue weighted by atomic mass is 16.7. The van der Waals surface area contributed by atoms with Crippen molar-refractivity contribution >= 4 is 0 Å². The Labute approximate surface area is 191 Å². The van der Waals surface area contributed by atoms with Crippen molar-refractivity contribution in [2.75, 3.05) is 26.3 Å². The summed E-state index contributed by atoms with van der Waals surface area (Å²) in [5, 5.41) is 63.1. The van der Waals surface area contributed by atoms with Gasteiger partial charge in [-0.05, 0) is 6.42 Å². The van der Waals surface area contributed by atoms with Crippen molar-refractivity contribution in [3.8, 4) is 0 Å². The van der Waals surface area contributed by atoms with Gasteiger partial charge in [0.25, 0.3) is 0 Å². The van der Waals surface area contributed by atoms with Crippen LogP contribution in [0.15, 0.2) is 0 Å². The maximum Gasteiger partial charge on any atom is 0.184 e. The quantitative estimate of drug-likeness (QED) is 0.147. The molecule has 0 spiro atoms. The summed E-state index contributed by atoms with van der Waals surface area (Å²) in [5.74, 6) is 0. The standard InChI is InChI=1S/C19H38N4O10/c20-5-11-14(28)15(29)12(22)19(31-11)32-16-8(21)4-9(23-1-2-24)13(27)17(16)33-18-10(26)3-7(6-25)30-18/h7-19,23-29H,1-6,20-22H2/t7-,8-,9+,10+,11+,12+,13-,14+,15-,16+,17+,18-,19+/m0/s1. The van der Waals surface area contributed by atoms with Crippen LogP contribution in [0.4, 0.5) is 0 Å². The molecule has 33 heavy (non-hydrogen) atoms. The fourth-order valence-electron chi connectivity index (χ4n) is 4.56. The molecule has 14 nitrogen and oxygen atoms in total. The fourth-order valence-corrected chi connectivity index (χ4v) is 4.56. The Morgan fingerprint density at radius 3 is 2.18 bits per heavy atom. The second-order valence-electron chi connectivity index (χ2n) is 8.83. The second-order valence-corrected chi connectivity index (χ2v) is 8.83. The number of nitrogens with one attached hydrogen (secondary N) is 1. The van der Waals surface area contributed by atoms with Gasteiger partial charge in [0.15, 0.2) is 12.6 Å². The van der Waals surface area contributed by atoms with E-state index < -0.39 is 79.5 Å². The first kappa shape index (κ1) is 27.0. The predicted octanol–water partition coefficient (Wildman–Crippen LogP) is -6.00. The van der Waals surface area contributed by atoms with Crippen molar-refractivity contribution < 1.29 is 49.6 Å². The fraction of sp³-hybridized carbons (Fsp3) is 1.00. The van der Waals surface area contributed by atoms with E-state index in [1.807, 2.05) is 0 Å². The number of hydrogen-bond acceptors (Lipinski definition) is 14. The van der Waals surface area contributed by atoms with Crippen molar-refractivity contribution in [1.29, 1.82) is 0 Å². The molecule has 0 aromatic rings. The van der Waals surface area contributed by atoms with Crippen LogP contribution in [0, 0.1) is 0 Å². The Morgan fingerprint density at radius 2 is 1.58 bits per heavy atom. The highest BCUT2D eigenvalue weighted by Gasteiger charge is 2.51. The van der Waals surface area contributed by atoms with E-state index >= 15 is 0 Å². The minimum absolute atomic E-state index is 0.0953. The summed E-state index contributed by atoms with van der Waals surface area (Å²) in [6.45, 7) is -0.351. The van der Waals surface area contributed by atoms with Gasteiger partial charge >= 0.3 is 0 Å². The number of hydrogen-bond donors (Lipinski definition) is 10. The minimum atomic E-state index is -1.37. The predicted molar refractivity (Wildman–Crippen MR) is 111 cm³/mol. The van der Waals surface area contributed by atoms with E-state index in [0.717, 1.165) is 0 Å². The van der Waals surface area contributed by atoms with Crippen LogP contribution in [0.2, 0.25) is 0 Å². The van der Waals surface area contributed by atoms with Crippen LogP contribution in [0.25, 0.3) is 0 Å².